The number of nitrogens with two attached hydrogens (primary N) is 1. The minimum atomic E-state index is -0.412. The number of hydrazine groups is 1. The van der Waals surface area contributed by atoms with Crippen molar-refractivity contribution in [2.24, 2.45) is 5.84 Å². The molecule has 1 aliphatic heterocycles. The van der Waals surface area contributed by atoms with Gasteiger partial charge in [-0.2, -0.15) is 11.8 Å². The van der Waals surface area contributed by atoms with Crippen LogP contribution in [0.1, 0.15) is 15.9 Å². The number of urea groups is 1. The third kappa shape index (κ3) is 4.74. The predicted octanol–water partition coefficient (Wildman–Crippen LogP) is 3.12. The zero-order valence-corrected chi connectivity index (χ0v) is 16.3. The van der Waals surface area contributed by atoms with Crippen molar-refractivity contribution in [1.29, 1.82) is 0 Å². The van der Waals surface area contributed by atoms with Gasteiger partial charge < -0.3 is 4.90 Å². The quantitative estimate of drug-likeness (QED) is 0.466. The first-order valence-electron chi connectivity index (χ1n) is 8.59. The number of carbonyl (C=O) groups excluding carboxylic acids is 2. The summed E-state index contributed by atoms with van der Waals surface area (Å²) in [6.45, 7) is 1.78. The van der Waals surface area contributed by atoms with E-state index in [0.29, 0.717) is 17.1 Å². The Bertz CT molecular complexity index is 813. The smallest absolute Gasteiger partial charge is 0.323 e. The molecule has 0 bridgehead atoms. The highest BCUT2D eigenvalue weighted by molar-refractivity contribution is 7.99. The number of nitrogens with zero attached hydrogens (tertiary/aromatic N) is 2. The number of thioether (sulfide) groups is 1. The summed E-state index contributed by atoms with van der Waals surface area (Å²) in [4.78, 5) is 28.4. The highest BCUT2D eigenvalue weighted by Gasteiger charge is 2.25. The summed E-state index contributed by atoms with van der Waals surface area (Å²) in [5, 5.41) is 0.416. The van der Waals surface area contributed by atoms with Crippen LogP contribution in [0.25, 0.3) is 0 Å². The molecule has 1 heterocycles. The molecule has 6 nitrogen and oxygen atoms in total. The molecule has 0 atom stereocenters. The van der Waals surface area contributed by atoms with Crippen LogP contribution < -0.4 is 16.2 Å². The van der Waals surface area contributed by atoms with Gasteiger partial charge in [-0.25, -0.2) is 10.6 Å². The van der Waals surface area contributed by atoms with Gasteiger partial charge in [-0.1, -0.05) is 35.9 Å². The Balaban J connectivity index is 1.87. The number of anilines is 1. The molecule has 0 aromatic heterocycles. The van der Waals surface area contributed by atoms with Gasteiger partial charge in [0, 0.05) is 40.9 Å². The number of nitrogen functional groups attached to an aromatic ring is 1. The van der Waals surface area contributed by atoms with E-state index >= 15 is 0 Å². The van der Waals surface area contributed by atoms with Crippen LogP contribution in [0.2, 0.25) is 5.02 Å². The summed E-state index contributed by atoms with van der Waals surface area (Å²) < 4.78 is 0. The second-order valence-electron chi connectivity index (χ2n) is 6.08. The van der Waals surface area contributed by atoms with Crippen LogP contribution in [-0.4, -0.2) is 41.4 Å². The topological polar surface area (TPSA) is 78.7 Å². The Labute approximate surface area is 167 Å². The summed E-state index contributed by atoms with van der Waals surface area (Å²) in [7, 11) is 0. The second kappa shape index (κ2) is 9.12. The average molecular weight is 405 g/mol. The number of nitrogens with one attached hydrogen (secondary N) is 1. The van der Waals surface area contributed by atoms with Crippen molar-refractivity contribution in [3.8, 4) is 0 Å². The number of carbonyl (C=O) groups is 2. The summed E-state index contributed by atoms with van der Waals surface area (Å²) in [6.07, 6.45) is 0. The van der Waals surface area contributed by atoms with E-state index in [1.807, 2.05) is 47.0 Å². The lowest BCUT2D eigenvalue weighted by molar-refractivity contribution is 0.0953. The summed E-state index contributed by atoms with van der Waals surface area (Å²) in [6, 6.07) is 14.4. The molecule has 0 spiro atoms. The van der Waals surface area contributed by atoms with Gasteiger partial charge in [0.2, 0.25) is 0 Å². The number of para-hydroxylation sites is 1. The molecular weight excluding hydrogens is 384 g/mol. The Morgan fingerprint density at radius 3 is 2.48 bits per heavy atom. The van der Waals surface area contributed by atoms with Crippen LogP contribution in [0.5, 0.6) is 0 Å². The van der Waals surface area contributed by atoms with Crippen LogP contribution in [-0.2, 0) is 6.54 Å². The van der Waals surface area contributed by atoms with Gasteiger partial charge >= 0.3 is 6.03 Å². The van der Waals surface area contributed by atoms with Crippen LogP contribution in [0.3, 0.4) is 0 Å². The van der Waals surface area contributed by atoms with Gasteiger partial charge in [0.25, 0.3) is 5.91 Å². The molecule has 2 aromatic rings. The maximum Gasteiger partial charge on any atom is 0.324 e. The van der Waals surface area contributed by atoms with Crippen molar-refractivity contribution in [2.75, 3.05) is 29.5 Å². The lowest BCUT2D eigenvalue weighted by atomic mass is 10.1. The third-order valence-electron chi connectivity index (χ3n) is 4.36. The third-order valence-corrected chi connectivity index (χ3v) is 5.65. The highest BCUT2D eigenvalue weighted by atomic mass is 35.5. The van der Waals surface area contributed by atoms with Crippen LogP contribution >= 0.6 is 23.4 Å². The van der Waals surface area contributed by atoms with Crippen molar-refractivity contribution >= 4 is 41.0 Å². The summed E-state index contributed by atoms with van der Waals surface area (Å²) in [5.41, 5.74) is 4.02. The maximum absolute atomic E-state index is 13.2. The molecule has 0 radical (unpaired) electrons. The molecule has 1 aliphatic rings. The molecular formula is C19H21ClN4O2S. The van der Waals surface area contributed by atoms with Crippen molar-refractivity contribution in [2.45, 2.75) is 6.54 Å². The van der Waals surface area contributed by atoms with Gasteiger partial charge in [0.1, 0.15) is 0 Å². The van der Waals surface area contributed by atoms with Gasteiger partial charge in [0.05, 0.1) is 6.54 Å². The number of hydrogen-bond acceptors (Lipinski definition) is 4. The van der Waals surface area contributed by atoms with Crippen molar-refractivity contribution in [3.05, 3.63) is 64.7 Å². The van der Waals surface area contributed by atoms with E-state index in [2.05, 4.69) is 5.43 Å². The first-order valence-corrected chi connectivity index (χ1v) is 10.1. The van der Waals surface area contributed by atoms with Gasteiger partial charge in [-0.05, 0) is 29.8 Å². The van der Waals surface area contributed by atoms with Crippen molar-refractivity contribution in [3.63, 3.8) is 0 Å². The number of hydrogen-bond donors (Lipinski definition) is 2. The van der Waals surface area contributed by atoms with E-state index in [0.717, 1.165) is 35.8 Å². The van der Waals surface area contributed by atoms with Gasteiger partial charge in [-0.3, -0.25) is 15.1 Å². The molecule has 8 heteroatoms. The van der Waals surface area contributed by atoms with E-state index in [4.69, 9.17) is 17.4 Å². The van der Waals surface area contributed by atoms with Gasteiger partial charge in [-0.15, -0.1) is 0 Å². The summed E-state index contributed by atoms with van der Waals surface area (Å²) in [5.74, 6) is 6.64. The molecule has 0 aliphatic carbocycles. The molecule has 27 heavy (non-hydrogen) atoms. The zero-order chi connectivity index (χ0) is 19.2. The van der Waals surface area contributed by atoms with E-state index in [1.54, 1.807) is 23.1 Å². The Morgan fingerprint density at radius 2 is 1.85 bits per heavy atom. The highest BCUT2D eigenvalue weighted by Crippen LogP contribution is 2.25. The molecule has 142 valence electrons. The average Bonchev–Trinajstić information content (AvgIpc) is 2.73. The van der Waals surface area contributed by atoms with E-state index in [-0.39, 0.29) is 6.03 Å². The molecule has 3 rings (SSSR count). The number of rotatable bonds is 4. The van der Waals surface area contributed by atoms with Crippen molar-refractivity contribution in [1.82, 2.24) is 10.3 Å². The lowest BCUT2D eigenvalue weighted by Gasteiger charge is -2.33. The number of halogens is 1. The normalized spacial score (nSPS) is 13.9. The minimum absolute atomic E-state index is 0.0404. The van der Waals surface area contributed by atoms with E-state index in [1.165, 1.54) is 0 Å². The fourth-order valence-corrected chi connectivity index (χ4v) is 4.02. The Morgan fingerprint density at radius 1 is 1.15 bits per heavy atom. The number of benzene rings is 2. The van der Waals surface area contributed by atoms with Gasteiger partial charge in [0.15, 0.2) is 0 Å². The zero-order valence-electron chi connectivity index (χ0n) is 14.7. The van der Waals surface area contributed by atoms with E-state index in [9.17, 15) is 9.59 Å². The maximum atomic E-state index is 13.2. The fourth-order valence-electron chi connectivity index (χ4n) is 2.87. The monoisotopic (exact) mass is 404 g/mol. The predicted molar refractivity (Wildman–Crippen MR) is 110 cm³/mol. The minimum Gasteiger partial charge on any atom is -0.323 e. The summed E-state index contributed by atoms with van der Waals surface area (Å²) >= 11 is 8.23. The standard InChI is InChI=1S/C19H21ClN4O2S/c20-17-12-14(18(25)22-21)6-7-15(17)13-24(16-4-2-1-3-5-16)19(26)23-8-10-27-11-9-23/h1-7,12H,8-11,13,21H2,(H,22,25). The molecule has 0 unspecified atom stereocenters. The van der Waals surface area contributed by atoms with Crippen LogP contribution in [0.15, 0.2) is 48.5 Å². The van der Waals surface area contributed by atoms with Crippen LogP contribution in [0.4, 0.5) is 10.5 Å². The van der Waals surface area contributed by atoms with Crippen LogP contribution in [0, 0.1) is 0 Å². The SMILES string of the molecule is NNC(=O)c1ccc(CN(C(=O)N2CCSCC2)c2ccccc2)c(Cl)c1. The number of amides is 3. The first-order chi connectivity index (χ1) is 13.1. The van der Waals surface area contributed by atoms with Crippen molar-refractivity contribution < 1.29 is 9.59 Å². The molecule has 3 amide bonds. The first kappa shape index (κ1) is 19.5. The molecule has 2 aromatic carbocycles. The molecule has 1 fully saturated rings. The van der Waals surface area contributed by atoms with E-state index < -0.39 is 5.91 Å². The fraction of sp³-hybridized carbons (Fsp3) is 0.263. The lowest BCUT2D eigenvalue weighted by Crippen LogP contribution is -2.46. The molecule has 1 saturated heterocycles. The molecule has 3 N–H and O–H groups in total. The largest absolute Gasteiger partial charge is 0.324 e. The Kier molecular flexibility index (Phi) is 6.60. The second-order valence-corrected chi connectivity index (χ2v) is 7.72. The molecule has 0 saturated carbocycles. The Hall–Kier alpha value is -2.22.